The van der Waals surface area contributed by atoms with Crippen LogP contribution in [0, 0.1) is 0 Å². The van der Waals surface area contributed by atoms with E-state index in [4.69, 9.17) is 0 Å². The lowest BCUT2D eigenvalue weighted by molar-refractivity contribution is -0.724. The molecule has 222 valence electrons. The monoisotopic (exact) mass is 604 g/mol. The second kappa shape index (κ2) is 7.06. The predicted octanol–water partition coefficient (Wildman–Crippen LogP) is 8.43. The molecular formula is C42H30N5+. The maximum Gasteiger partial charge on any atom is 0.296 e. The number of para-hydroxylation sites is 4. The molecule has 5 nitrogen and oxygen atoms in total. The zero-order chi connectivity index (χ0) is 30.7. The number of aromatic nitrogens is 2. The molecule has 6 aliphatic rings. The second-order valence-electron chi connectivity index (χ2n) is 14.9. The Balaban J connectivity index is 1.35. The van der Waals surface area contributed by atoms with Gasteiger partial charge in [-0.2, -0.15) is 4.57 Å². The lowest BCUT2D eigenvalue weighted by atomic mass is 9.66. The first-order chi connectivity index (χ1) is 23.0. The van der Waals surface area contributed by atoms with Gasteiger partial charge in [0.25, 0.3) is 5.65 Å². The van der Waals surface area contributed by atoms with Crippen LogP contribution in [0.5, 0.6) is 0 Å². The van der Waals surface area contributed by atoms with Crippen molar-refractivity contribution in [2.24, 2.45) is 0 Å². The minimum Gasteiger partial charge on any atom is -0.348 e. The number of hydrogen-bond acceptors (Lipinski definition) is 3. The highest BCUT2D eigenvalue weighted by Crippen LogP contribution is 2.69. The average Bonchev–Trinajstić information content (AvgIpc) is 3.71. The third-order valence-electron chi connectivity index (χ3n) is 12.7. The Bertz CT molecular complexity index is 2700. The van der Waals surface area contributed by atoms with E-state index in [1.54, 1.807) is 0 Å². The third kappa shape index (κ3) is 2.16. The summed E-state index contributed by atoms with van der Waals surface area (Å²) in [7, 11) is 2.32. The highest BCUT2D eigenvalue weighted by Gasteiger charge is 2.70. The molecular weight excluding hydrogens is 574 g/mol. The quantitative estimate of drug-likeness (QED) is 0.162. The maximum absolute atomic E-state index is 2.70. The molecule has 0 amide bonds. The van der Waals surface area contributed by atoms with Gasteiger partial charge < -0.3 is 14.7 Å². The summed E-state index contributed by atoms with van der Waals surface area (Å²) in [6.07, 6.45) is 3.34. The average molecular weight is 605 g/mol. The molecule has 5 heteroatoms. The first kappa shape index (κ1) is 23.7. The number of fused-ring (bicyclic) bond motifs is 8. The number of hydrogen-bond donors (Lipinski definition) is 0. The van der Waals surface area contributed by atoms with E-state index in [1.165, 1.54) is 95.1 Å². The third-order valence-corrected chi connectivity index (χ3v) is 12.7. The Morgan fingerprint density at radius 2 is 1.40 bits per heavy atom. The van der Waals surface area contributed by atoms with Crippen molar-refractivity contribution in [2.75, 3.05) is 21.7 Å². The van der Waals surface area contributed by atoms with Crippen LogP contribution in [0.15, 0.2) is 109 Å². The molecule has 13 rings (SSSR count). The normalized spacial score (nSPS) is 21.8. The minimum absolute atomic E-state index is 0.0258. The van der Waals surface area contributed by atoms with E-state index < -0.39 is 5.54 Å². The standard InChI is InChI=1S/C42H30N5/c1-41(2)27-14-8-12-25-26-13-10-20-44-39(26)47(37(25)27)38-28(41)22-24-21-23-11-4-5-15-29(23)45-32-18-9-19-33-34(32)42(44,35(38)36(24)45)40-43(3)30-16-6-7-17-31(30)46(33)40/h4-20,22,40H,21H2,1-3H3/q+1. The Kier molecular flexibility index (Phi) is 3.56. The van der Waals surface area contributed by atoms with Crippen LogP contribution in [0.25, 0.3) is 27.6 Å². The molecule has 0 saturated carbocycles. The second-order valence-corrected chi connectivity index (χ2v) is 14.9. The molecule has 2 atom stereocenters. The molecule has 0 aliphatic carbocycles. The van der Waals surface area contributed by atoms with Gasteiger partial charge in [0.15, 0.2) is 6.17 Å². The molecule has 47 heavy (non-hydrogen) atoms. The van der Waals surface area contributed by atoms with Crippen molar-refractivity contribution >= 4 is 56.1 Å². The van der Waals surface area contributed by atoms with Crippen molar-refractivity contribution in [2.45, 2.75) is 37.4 Å². The summed E-state index contributed by atoms with van der Waals surface area (Å²) < 4.78 is 5.36. The first-order valence-electron chi connectivity index (χ1n) is 16.9. The molecule has 6 aliphatic heterocycles. The van der Waals surface area contributed by atoms with Crippen LogP contribution >= 0.6 is 0 Å². The molecule has 0 bridgehead atoms. The van der Waals surface area contributed by atoms with Crippen LogP contribution in [0.3, 0.4) is 0 Å². The van der Waals surface area contributed by atoms with E-state index in [9.17, 15) is 0 Å². The fourth-order valence-electron chi connectivity index (χ4n) is 11.0. The largest absolute Gasteiger partial charge is 0.348 e. The van der Waals surface area contributed by atoms with Gasteiger partial charge >= 0.3 is 0 Å². The number of pyridine rings is 1. The minimum atomic E-state index is -0.491. The summed E-state index contributed by atoms with van der Waals surface area (Å²) in [5, 5.41) is 2.67. The van der Waals surface area contributed by atoms with E-state index in [-0.39, 0.29) is 11.6 Å². The summed E-state index contributed by atoms with van der Waals surface area (Å²) >= 11 is 0. The number of rotatable bonds is 0. The van der Waals surface area contributed by atoms with E-state index in [0.29, 0.717) is 0 Å². The number of benzene rings is 5. The van der Waals surface area contributed by atoms with E-state index in [2.05, 4.69) is 154 Å². The molecule has 0 radical (unpaired) electrons. The van der Waals surface area contributed by atoms with Crippen molar-refractivity contribution in [3.63, 3.8) is 0 Å². The van der Waals surface area contributed by atoms with Crippen LogP contribution < -0.4 is 19.3 Å². The first-order valence-corrected chi connectivity index (χ1v) is 16.9. The Morgan fingerprint density at radius 1 is 0.660 bits per heavy atom. The lowest BCUT2D eigenvalue weighted by Gasteiger charge is -2.50. The number of nitrogens with zero attached hydrogens (tertiary/aromatic N) is 5. The molecule has 7 aromatic rings. The number of anilines is 6. The van der Waals surface area contributed by atoms with E-state index in [0.717, 1.165) is 6.42 Å². The lowest BCUT2D eigenvalue weighted by Crippen LogP contribution is -2.70. The van der Waals surface area contributed by atoms with Crippen molar-refractivity contribution in [3.05, 3.63) is 143 Å². The van der Waals surface area contributed by atoms with Gasteiger partial charge in [0, 0.05) is 41.1 Å². The van der Waals surface area contributed by atoms with Gasteiger partial charge in [0.05, 0.1) is 51.1 Å². The molecule has 8 heterocycles. The van der Waals surface area contributed by atoms with Gasteiger partial charge in [-0.15, -0.1) is 0 Å². The number of likely N-dealkylation sites (N-methyl/N-ethyl adjacent to an activating group) is 1. The van der Waals surface area contributed by atoms with Crippen LogP contribution in [0.4, 0.5) is 34.1 Å². The van der Waals surface area contributed by atoms with Crippen molar-refractivity contribution in [1.29, 1.82) is 0 Å². The zero-order valence-electron chi connectivity index (χ0n) is 26.4. The van der Waals surface area contributed by atoms with Crippen molar-refractivity contribution < 1.29 is 4.57 Å². The molecule has 2 unspecified atom stereocenters. The summed E-state index contributed by atoms with van der Waals surface area (Å²) in [5.74, 6) is 0. The smallest absolute Gasteiger partial charge is 0.296 e. The maximum atomic E-state index is 2.70. The van der Waals surface area contributed by atoms with Gasteiger partial charge in [-0.3, -0.25) is 0 Å². The molecule has 0 N–H and O–H groups in total. The molecule has 1 spiro atoms. The van der Waals surface area contributed by atoms with Crippen LogP contribution in [-0.4, -0.2) is 17.8 Å². The fraction of sp³-hybridized carbons (Fsp3) is 0.167. The fourth-order valence-corrected chi connectivity index (χ4v) is 11.0. The van der Waals surface area contributed by atoms with Crippen molar-refractivity contribution in [1.82, 2.24) is 4.57 Å². The van der Waals surface area contributed by atoms with Gasteiger partial charge in [0.2, 0.25) is 5.54 Å². The summed E-state index contributed by atoms with van der Waals surface area (Å²) in [6, 6.07) is 39.4. The summed E-state index contributed by atoms with van der Waals surface area (Å²) in [6.45, 7) is 4.91. The highest BCUT2D eigenvalue weighted by molar-refractivity contribution is 6.11. The summed E-state index contributed by atoms with van der Waals surface area (Å²) in [4.78, 5) is 7.86. The molecule has 0 fully saturated rings. The van der Waals surface area contributed by atoms with Crippen LogP contribution in [0.2, 0.25) is 0 Å². The highest BCUT2D eigenvalue weighted by atomic mass is 15.5. The summed E-state index contributed by atoms with van der Waals surface area (Å²) in [5.41, 5.74) is 19.8. The van der Waals surface area contributed by atoms with Gasteiger partial charge in [-0.1, -0.05) is 62.4 Å². The Hall–Kier alpha value is -5.55. The molecule has 0 saturated heterocycles. The predicted molar refractivity (Wildman–Crippen MR) is 188 cm³/mol. The van der Waals surface area contributed by atoms with Crippen LogP contribution in [0.1, 0.15) is 47.2 Å². The zero-order valence-corrected chi connectivity index (χ0v) is 26.4. The van der Waals surface area contributed by atoms with Crippen molar-refractivity contribution in [3.8, 4) is 5.69 Å². The van der Waals surface area contributed by atoms with Gasteiger partial charge in [-0.25, -0.2) is 4.57 Å². The Morgan fingerprint density at radius 3 is 2.30 bits per heavy atom. The topological polar surface area (TPSA) is 18.5 Å². The van der Waals surface area contributed by atoms with Gasteiger partial charge in [0.1, 0.15) is 11.2 Å². The van der Waals surface area contributed by atoms with Gasteiger partial charge in [-0.05, 0) is 65.7 Å². The Labute approximate surface area is 272 Å². The molecule has 2 aromatic heterocycles. The van der Waals surface area contributed by atoms with Crippen LogP contribution in [-0.2, 0) is 17.4 Å². The van der Waals surface area contributed by atoms with E-state index in [1.807, 2.05) is 0 Å². The molecule has 5 aromatic carbocycles. The SMILES string of the molecule is CN1c2ccccc2N2c3cccc4c3C3(c5c6c(cc7c5-n5c8c(cccc8c8ccc[n+]3c85)C7(C)C)Cc3ccccc3N46)C12. The van der Waals surface area contributed by atoms with E-state index >= 15 is 0 Å².